The van der Waals surface area contributed by atoms with Crippen molar-refractivity contribution < 1.29 is 41.8 Å². The largest absolute Gasteiger partial charge is 0.491 e. The Morgan fingerprint density at radius 3 is 2.22 bits per heavy atom. The average molecular weight is 774 g/mol. The standard InChI is InChI=1S/C41H61F2N3O7Si/c1-12-16-50-33-24-35(46(25-33)39(49)52-40(4,5)6)37(53-54(10,11)41(7,8)9)34(19-27-17-29(42)22-30(43)18-27)44-38(48)28-20-31(45-15-13-14-36(45)47)23-32(21-28)51-26(2)3/h17-18,20-23,26,33-35,37H,12-16,19,24-25H2,1-11H3,(H,44,48)/t33-,34+,35-,37+/m1/s1. The minimum Gasteiger partial charge on any atom is -0.491 e. The predicted octanol–water partition coefficient (Wildman–Crippen LogP) is 8.41. The van der Waals surface area contributed by atoms with Crippen LogP contribution in [0.3, 0.4) is 0 Å². The van der Waals surface area contributed by atoms with E-state index in [0.29, 0.717) is 49.4 Å². The maximum atomic E-state index is 14.7. The zero-order valence-electron chi connectivity index (χ0n) is 34.0. The molecular weight excluding hydrogens is 713 g/mol. The fourth-order valence-electron chi connectivity index (χ4n) is 6.63. The zero-order valence-corrected chi connectivity index (χ0v) is 35.0. The molecule has 2 aliphatic heterocycles. The molecule has 2 heterocycles. The summed E-state index contributed by atoms with van der Waals surface area (Å²) in [7, 11) is -2.67. The molecule has 2 aromatic rings. The summed E-state index contributed by atoms with van der Waals surface area (Å²) in [5.41, 5.74) is 0.303. The van der Waals surface area contributed by atoms with Crippen molar-refractivity contribution >= 4 is 31.9 Å². The third-order valence-electron chi connectivity index (χ3n) is 10.1. The lowest BCUT2D eigenvalue weighted by Crippen LogP contribution is -2.60. The summed E-state index contributed by atoms with van der Waals surface area (Å²) in [4.78, 5) is 44.6. The van der Waals surface area contributed by atoms with Gasteiger partial charge in [-0.25, -0.2) is 13.6 Å². The third kappa shape index (κ3) is 11.5. The molecule has 2 fully saturated rings. The van der Waals surface area contributed by atoms with Crippen molar-refractivity contribution in [3.05, 3.63) is 59.2 Å². The van der Waals surface area contributed by atoms with E-state index in [1.165, 1.54) is 12.1 Å². The van der Waals surface area contributed by atoms with Gasteiger partial charge in [-0.05, 0) is 108 Å². The number of rotatable bonds is 14. The number of hydrogen-bond acceptors (Lipinski definition) is 7. The first-order valence-electron chi connectivity index (χ1n) is 19.2. The topological polar surface area (TPSA) is 107 Å². The number of ether oxygens (including phenoxy) is 3. The molecule has 300 valence electrons. The highest BCUT2D eigenvalue weighted by atomic mass is 28.4. The fraction of sp³-hybridized carbons (Fsp3) is 0.634. The number of nitrogens with one attached hydrogen (secondary N) is 1. The van der Waals surface area contributed by atoms with Crippen LogP contribution in [0.4, 0.5) is 19.3 Å². The van der Waals surface area contributed by atoms with E-state index in [0.717, 1.165) is 12.5 Å². The van der Waals surface area contributed by atoms with Crippen LogP contribution in [-0.4, -0.2) is 86.8 Å². The molecule has 0 unspecified atom stereocenters. The molecule has 2 aromatic carbocycles. The van der Waals surface area contributed by atoms with Gasteiger partial charge < -0.3 is 28.9 Å². The Hall–Kier alpha value is -3.55. The predicted molar refractivity (Wildman–Crippen MR) is 209 cm³/mol. The van der Waals surface area contributed by atoms with Gasteiger partial charge in [0.2, 0.25) is 5.91 Å². The lowest BCUT2D eigenvalue weighted by atomic mass is 9.94. The van der Waals surface area contributed by atoms with Crippen LogP contribution in [0.1, 0.15) is 104 Å². The molecule has 0 radical (unpaired) electrons. The summed E-state index contributed by atoms with van der Waals surface area (Å²) in [6.45, 7) is 22.9. The molecule has 4 atom stereocenters. The smallest absolute Gasteiger partial charge is 0.410 e. The Morgan fingerprint density at radius 2 is 1.67 bits per heavy atom. The number of anilines is 1. The van der Waals surface area contributed by atoms with Crippen molar-refractivity contribution in [2.75, 3.05) is 24.6 Å². The Labute approximate surface area is 321 Å². The second-order valence-corrected chi connectivity index (χ2v) is 22.1. The Morgan fingerprint density at radius 1 is 1.00 bits per heavy atom. The highest BCUT2D eigenvalue weighted by Crippen LogP contribution is 2.40. The SMILES string of the molecule is CCCO[C@@H]1C[C@H]([C@@H](O[Si](C)(C)C(C)(C)C)[C@H](Cc2cc(F)cc(F)c2)NC(=O)c2cc(OC(C)C)cc(N3CCCC3=O)c2)N(C(=O)OC(C)(C)C)C1. The van der Waals surface area contributed by atoms with Crippen molar-refractivity contribution in [2.45, 2.75) is 149 Å². The maximum Gasteiger partial charge on any atom is 0.410 e. The van der Waals surface area contributed by atoms with Gasteiger partial charge in [0, 0.05) is 43.0 Å². The monoisotopic (exact) mass is 773 g/mol. The number of carbonyl (C=O) groups is 3. The first-order valence-corrected chi connectivity index (χ1v) is 22.1. The molecule has 0 spiro atoms. The molecule has 0 aromatic heterocycles. The second kappa shape index (κ2) is 17.5. The van der Waals surface area contributed by atoms with Crippen LogP contribution in [0.25, 0.3) is 0 Å². The molecule has 0 saturated carbocycles. The number of hydrogen-bond donors (Lipinski definition) is 1. The number of nitrogens with zero attached hydrogens (tertiary/aromatic N) is 2. The number of amides is 3. The van der Waals surface area contributed by atoms with Crippen LogP contribution in [0, 0.1) is 11.6 Å². The van der Waals surface area contributed by atoms with Gasteiger partial charge in [-0.1, -0.05) is 27.7 Å². The number of carbonyl (C=O) groups excluding carboxylic acids is 3. The van der Waals surface area contributed by atoms with Gasteiger partial charge in [0.25, 0.3) is 5.91 Å². The molecule has 0 bridgehead atoms. The number of likely N-dealkylation sites (tertiary alicyclic amines) is 1. The average Bonchev–Trinajstić information content (AvgIpc) is 3.66. The van der Waals surface area contributed by atoms with E-state index in [2.05, 4.69) is 39.2 Å². The van der Waals surface area contributed by atoms with Crippen LogP contribution in [0.15, 0.2) is 36.4 Å². The van der Waals surface area contributed by atoms with Gasteiger partial charge in [-0.3, -0.25) is 14.5 Å². The number of benzene rings is 2. The van der Waals surface area contributed by atoms with E-state index in [9.17, 15) is 23.2 Å². The summed E-state index contributed by atoms with van der Waals surface area (Å²) < 4.78 is 54.8. The lowest BCUT2D eigenvalue weighted by molar-refractivity contribution is -0.117. The van der Waals surface area contributed by atoms with Crippen molar-refractivity contribution in [3.63, 3.8) is 0 Å². The lowest BCUT2D eigenvalue weighted by Gasteiger charge is -2.45. The van der Waals surface area contributed by atoms with E-state index >= 15 is 0 Å². The number of halogens is 2. The van der Waals surface area contributed by atoms with E-state index in [1.54, 1.807) is 48.8 Å². The van der Waals surface area contributed by atoms with Crippen molar-refractivity contribution in [2.24, 2.45) is 0 Å². The summed E-state index contributed by atoms with van der Waals surface area (Å²) in [5, 5.41) is 2.90. The molecular formula is C41H61F2N3O7Si. The maximum absolute atomic E-state index is 14.7. The zero-order chi connectivity index (χ0) is 40.2. The molecule has 2 saturated heterocycles. The summed E-state index contributed by atoms with van der Waals surface area (Å²) in [6.07, 6.45) is 0.346. The molecule has 4 rings (SSSR count). The molecule has 54 heavy (non-hydrogen) atoms. The van der Waals surface area contributed by atoms with Crippen molar-refractivity contribution in [3.8, 4) is 5.75 Å². The van der Waals surface area contributed by atoms with E-state index in [1.807, 2.05) is 20.8 Å². The van der Waals surface area contributed by atoms with Crippen LogP contribution in [0.5, 0.6) is 5.75 Å². The Kier molecular flexibility index (Phi) is 14.0. The van der Waals surface area contributed by atoms with Gasteiger partial charge in [-0.15, -0.1) is 0 Å². The Bertz CT molecular complexity index is 1620. The van der Waals surface area contributed by atoms with Crippen molar-refractivity contribution in [1.82, 2.24) is 10.2 Å². The van der Waals surface area contributed by atoms with Gasteiger partial charge in [0.15, 0.2) is 8.32 Å². The minimum atomic E-state index is -2.67. The van der Waals surface area contributed by atoms with Gasteiger partial charge >= 0.3 is 6.09 Å². The first-order chi connectivity index (χ1) is 25.1. The van der Waals surface area contributed by atoms with Crippen LogP contribution < -0.4 is 15.0 Å². The summed E-state index contributed by atoms with van der Waals surface area (Å²) in [5.74, 6) is -1.61. The van der Waals surface area contributed by atoms with Crippen LogP contribution in [0.2, 0.25) is 18.1 Å². The molecule has 1 N–H and O–H groups in total. The van der Waals surface area contributed by atoms with Gasteiger partial charge in [0.05, 0.1) is 36.9 Å². The van der Waals surface area contributed by atoms with Crippen LogP contribution >= 0.6 is 0 Å². The summed E-state index contributed by atoms with van der Waals surface area (Å²) >= 11 is 0. The third-order valence-corrected chi connectivity index (χ3v) is 14.6. The van der Waals surface area contributed by atoms with Crippen LogP contribution in [-0.2, 0) is 25.1 Å². The van der Waals surface area contributed by atoms with Gasteiger partial charge in [-0.2, -0.15) is 0 Å². The molecule has 0 aliphatic carbocycles. The fourth-order valence-corrected chi connectivity index (χ4v) is 7.99. The highest BCUT2D eigenvalue weighted by Gasteiger charge is 2.49. The normalized spacial score (nSPS) is 19.3. The highest BCUT2D eigenvalue weighted by molar-refractivity contribution is 6.74. The van der Waals surface area contributed by atoms with E-state index in [4.69, 9.17) is 18.6 Å². The molecule has 13 heteroatoms. The van der Waals surface area contributed by atoms with E-state index < -0.39 is 55.7 Å². The molecule has 2 aliphatic rings. The summed E-state index contributed by atoms with van der Waals surface area (Å²) in [6, 6.07) is 6.81. The minimum absolute atomic E-state index is 0.0154. The molecule has 10 nitrogen and oxygen atoms in total. The molecule has 3 amide bonds. The quantitative estimate of drug-likeness (QED) is 0.192. The van der Waals surface area contributed by atoms with E-state index in [-0.39, 0.29) is 41.7 Å². The van der Waals surface area contributed by atoms with Gasteiger partial charge in [0.1, 0.15) is 23.0 Å². The first kappa shape index (κ1) is 43.2. The Balaban J connectivity index is 1.87. The second-order valence-electron chi connectivity index (χ2n) is 17.4. The van der Waals surface area contributed by atoms with Crippen molar-refractivity contribution in [1.29, 1.82) is 0 Å².